The van der Waals surface area contributed by atoms with E-state index in [2.05, 4.69) is 26.1 Å². The van der Waals surface area contributed by atoms with E-state index in [1.165, 1.54) is 0 Å². The molecule has 1 aliphatic rings. The molecule has 1 saturated carbocycles. The zero-order chi connectivity index (χ0) is 14.7. The van der Waals surface area contributed by atoms with Gasteiger partial charge >= 0.3 is 0 Å². The summed E-state index contributed by atoms with van der Waals surface area (Å²) in [6.07, 6.45) is 5.01. The van der Waals surface area contributed by atoms with Gasteiger partial charge < -0.3 is 4.52 Å². The van der Waals surface area contributed by atoms with Crippen LogP contribution in [0.3, 0.4) is 0 Å². The van der Waals surface area contributed by atoms with Gasteiger partial charge in [-0.1, -0.05) is 39.6 Å². The fraction of sp³-hybridized carbons (Fsp3) is 0.438. The van der Waals surface area contributed by atoms with Crippen molar-refractivity contribution in [3.63, 3.8) is 0 Å². The maximum Gasteiger partial charge on any atom is 0.227 e. The lowest BCUT2D eigenvalue weighted by Crippen LogP contribution is -2.21. The number of ketones is 1. The second-order valence-electron chi connectivity index (χ2n) is 5.52. The Labute approximate surface area is 132 Å². The van der Waals surface area contributed by atoms with Crippen LogP contribution in [0.1, 0.15) is 43.0 Å². The van der Waals surface area contributed by atoms with Crippen LogP contribution < -0.4 is 0 Å². The van der Waals surface area contributed by atoms with Crippen LogP contribution in [0.25, 0.3) is 0 Å². The van der Waals surface area contributed by atoms with Crippen molar-refractivity contribution in [1.29, 1.82) is 0 Å². The van der Waals surface area contributed by atoms with Crippen molar-refractivity contribution in [2.45, 2.75) is 38.5 Å². The Morgan fingerprint density at radius 1 is 1.33 bits per heavy atom. The van der Waals surface area contributed by atoms with Crippen molar-refractivity contribution >= 4 is 21.7 Å². The molecule has 1 aromatic heterocycles. The van der Waals surface area contributed by atoms with Gasteiger partial charge in [0.2, 0.25) is 5.89 Å². The number of Topliss-reactive ketones (excluding diaryl/α,β-unsaturated/α-hetero) is 1. The summed E-state index contributed by atoms with van der Waals surface area (Å²) < 4.78 is 6.33. The lowest BCUT2D eigenvalue weighted by Gasteiger charge is -2.18. The maximum atomic E-state index is 11.8. The molecule has 5 heteroatoms. The lowest BCUT2D eigenvalue weighted by atomic mass is 9.86. The average Bonchev–Trinajstić information content (AvgIpc) is 2.89. The third kappa shape index (κ3) is 3.79. The van der Waals surface area contributed by atoms with Gasteiger partial charge in [0.1, 0.15) is 5.78 Å². The second kappa shape index (κ2) is 6.52. The van der Waals surface area contributed by atoms with E-state index in [4.69, 9.17) is 4.52 Å². The van der Waals surface area contributed by atoms with E-state index in [0.717, 1.165) is 29.3 Å². The summed E-state index contributed by atoms with van der Waals surface area (Å²) in [7, 11) is 0. The highest BCUT2D eigenvalue weighted by molar-refractivity contribution is 9.10. The molecule has 0 N–H and O–H groups in total. The molecule has 0 radical (unpaired) electrons. The van der Waals surface area contributed by atoms with E-state index in [9.17, 15) is 4.79 Å². The van der Waals surface area contributed by atoms with Crippen LogP contribution in [0.15, 0.2) is 33.3 Å². The average molecular weight is 349 g/mol. The van der Waals surface area contributed by atoms with Gasteiger partial charge in [0.15, 0.2) is 5.82 Å². The molecular weight excluding hydrogens is 332 g/mol. The number of benzene rings is 1. The predicted octanol–water partition coefficient (Wildman–Crippen LogP) is 3.72. The van der Waals surface area contributed by atoms with Crippen LogP contribution in [-0.4, -0.2) is 15.9 Å². The summed E-state index contributed by atoms with van der Waals surface area (Å²) in [5, 5.41) is 4.02. The molecule has 1 fully saturated rings. The molecule has 4 nitrogen and oxygen atoms in total. The molecule has 0 aliphatic heterocycles. The standard InChI is InChI=1S/C16H17BrN2O2/c17-13-6-3-4-11(8-13)9-15-18-16(21-19-15)10-12-5-1-2-7-14(12)20/h3-4,6,8,12H,1-2,5,7,9-10H2. The fourth-order valence-corrected chi connectivity index (χ4v) is 3.20. The first-order chi connectivity index (χ1) is 10.2. The van der Waals surface area contributed by atoms with Crippen LogP contribution in [0.5, 0.6) is 0 Å². The molecule has 1 unspecified atom stereocenters. The summed E-state index contributed by atoms with van der Waals surface area (Å²) in [6.45, 7) is 0. The molecule has 1 heterocycles. The summed E-state index contributed by atoms with van der Waals surface area (Å²) in [5.41, 5.74) is 1.13. The normalized spacial score (nSPS) is 18.9. The number of carbonyl (C=O) groups is 1. The molecule has 2 aromatic rings. The molecular formula is C16H17BrN2O2. The number of hydrogen-bond acceptors (Lipinski definition) is 4. The third-order valence-corrected chi connectivity index (χ3v) is 4.36. The Balaban J connectivity index is 1.64. The molecule has 3 rings (SSSR count). The predicted molar refractivity (Wildman–Crippen MR) is 81.9 cm³/mol. The summed E-state index contributed by atoms with van der Waals surface area (Å²) in [5.74, 6) is 1.66. The molecule has 1 aromatic carbocycles. The Bertz CT molecular complexity index is 639. The van der Waals surface area contributed by atoms with Crippen LogP contribution in [0.4, 0.5) is 0 Å². The van der Waals surface area contributed by atoms with E-state index >= 15 is 0 Å². The number of rotatable bonds is 4. The minimum Gasteiger partial charge on any atom is -0.339 e. The van der Waals surface area contributed by atoms with Gasteiger partial charge in [0.05, 0.1) is 0 Å². The van der Waals surface area contributed by atoms with Crippen molar-refractivity contribution in [3.05, 3.63) is 46.0 Å². The van der Waals surface area contributed by atoms with E-state index in [0.29, 0.717) is 36.8 Å². The first-order valence-corrected chi connectivity index (χ1v) is 8.08. The highest BCUT2D eigenvalue weighted by Gasteiger charge is 2.24. The largest absolute Gasteiger partial charge is 0.339 e. The Kier molecular flexibility index (Phi) is 4.48. The number of aromatic nitrogens is 2. The number of nitrogens with zero attached hydrogens (tertiary/aromatic N) is 2. The van der Waals surface area contributed by atoms with Gasteiger partial charge in [0, 0.05) is 29.7 Å². The fourth-order valence-electron chi connectivity index (χ4n) is 2.76. The number of carbonyl (C=O) groups excluding carboxylic acids is 1. The van der Waals surface area contributed by atoms with Gasteiger partial charge in [-0.2, -0.15) is 4.98 Å². The van der Waals surface area contributed by atoms with Crippen molar-refractivity contribution in [2.24, 2.45) is 5.92 Å². The second-order valence-corrected chi connectivity index (χ2v) is 6.44. The topological polar surface area (TPSA) is 56.0 Å². The van der Waals surface area contributed by atoms with Crippen molar-refractivity contribution in [1.82, 2.24) is 10.1 Å². The molecule has 21 heavy (non-hydrogen) atoms. The summed E-state index contributed by atoms with van der Waals surface area (Å²) in [6, 6.07) is 8.05. The third-order valence-electron chi connectivity index (χ3n) is 3.86. The quantitative estimate of drug-likeness (QED) is 0.844. The molecule has 0 spiro atoms. The molecule has 0 saturated heterocycles. The van der Waals surface area contributed by atoms with Crippen LogP contribution in [-0.2, 0) is 17.6 Å². The highest BCUT2D eigenvalue weighted by Crippen LogP contribution is 2.24. The SMILES string of the molecule is O=C1CCCCC1Cc1nc(Cc2cccc(Br)c2)no1. The number of hydrogen-bond donors (Lipinski definition) is 0. The zero-order valence-corrected chi connectivity index (χ0v) is 13.3. The van der Waals surface area contributed by atoms with Gasteiger partial charge in [-0.05, 0) is 30.5 Å². The molecule has 110 valence electrons. The van der Waals surface area contributed by atoms with E-state index < -0.39 is 0 Å². The van der Waals surface area contributed by atoms with Crippen molar-refractivity contribution in [3.8, 4) is 0 Å². The first kappa shape index (κ1) is 14.4. The van der Waals surface area contributed by atoms with Crippen LogP contribution in [0, 0.1) is 5.92 Å². The Morgan fingerprint density at radius 2 is 2.24 bits per heavy atom. The summed E-state index contributed by atoms with van der Waals surface area (Å²) in [4.78, 5) is 16.3. The molecule has 1 aliphatic carbocycles. The van der Waals surface area contributed by atoms with Crippen molar-refractivity contribution in [2.75, 3.05) is 0 Å². The molecule has 0 amide bonds. The number of halogens is 1. The Hall–Kier alpha value is -1.49. The van der Waals surface area contributed by atoms with E-state index in [1.807, 2.05) is 24.3 Å². The zero-order valence-electron chi connectivity index (χ0n) is 11.7. The van der Waals surface area contributed by atoms with Crippen molar-refractivity contribution < 1.29 is 9.32 Å². The molecule has 0 bridgehead atoms. The van der Waals surface area contributed by atoms with Gasteiger partial charge in [-0.25, -0.2) is 0 Å². The monoisotopic (exact) mass is 348 g/mol. The minimum absolute atomic E-state index is 0.0675. The minimum atomic E-state index is 0.0675. The van der Waals surface area contributed by atoms with Gasteiger partial charge in [0.25, 0.3) is 0 Å². The smallest absolute Gasteiger partial charge is 0.227 e. The van der Waals surface area contributed by atoms with E-state index in [-0.39, 0.29) is 5.92 Å². The van der Waals surface area contributed by atoms with Gasteiger partial charge in [-0.3, -0.25) is 4.79 Å². The van der Waals surface area contributed by atoms with Crippen LogP contribution in [0.2, 0.25) is 0 Å². The maximum absolute atomic E-state index is 11.8. The lowest BCUT2D eigenvalue weighted by molar-refractivity contribution is -0.124. The summed E-state index contributed by atoms with van der Waals surface area (Å²) >= 11 is 3.45. The Morgan fingerprint density at radius 3 is 3.05 bits per heavy atom. The first-order valence-electron chi connectivity index (χ1n) is 7.29. The van der Waals surface area contributed by atoms with Crippen LogP contribution >= 0.6 is 15.9 Å². The molecule has 1 atom stereocenters. The van der Waals surface area contributed by atoms with Gasteiger partial charge in [-0.15, -0.1) is 0 Å². The highest BCUT2D eigenvalue weighted by atomic mass is 79.9. The van der Waals surface area contributed by atoms with E-state index in [1.54, 1.807) is 0 Å².